The van der Waals surface area contributed by atoms with Gasteiger partial charge in [-0.05, 0) is 43.3 Å². The molecule has 0 radical (unpaired) electrons. The van der Waals surface area contributed by atoms with E-state index in [1.54, 1.807) is 0 Å². The lowest BCUT2D eigenvalue weighted by Crippen LogP contribution is -1.99. The van der Waals surface area contributed by atoms with E-state index >= 15 is 0 Å². The molecule has 0 aliphatic rings. The molecule has 0 aliphatic carbocycles. The molecule has 0 unspecified atom stereocenters. The van der Waals surface area contributed by atoms with E-state index in [1.165, 1.54) is 11.3 Å². The van der Waals surface area contributed by atoms with Crippen molar-refractivity contribution in [1.82, 2.24) is 9.55 Å². The molecule has 2 heterocycles. The van der Waals surface area contributed by atoms with Crippen LogP contribution in [0.4, 0.5) is 0 Å². The Labute approximate surface area is 137 Å². The van der Waals surface area contributed by atoms with Crippen molar-refractivity contribution in [1.29, 1.82) is 0 Å². The number of aliphatic hydroxyl groups is 1. The SMILES string of the molecule is CCn1c(CO)cc2cc(Oc3nc4ccccc4s3)ccc21. The van der Waals surface area contributed by atoms with Crippen LogP contribution in [-0.2, 0) is 13.2 Å². The third kappa shape index (κ3) is 2.48. The molecule has 2 aromatic carbocycles. The summed E-state index contributed by atoms with van der Waals surface area (Å²) in [5.74, 6) is 0.759. The molecule has 5 heteroatoms. The summed E-state index contributed by atoms with van der Waals surface area (Å²) < 4.78 is 9.15. The van der Waals surface area contributed by atoms with Gasteiger partial charge in [0.25, 0.3) is 5.19 Å². The van der Waals surface area contributed by atoms with Gasteiger partial charge in [-0.25, -0.2) is 4.98 Å². The molecule has 0 saturated carbocycles. The molecule has 23 heavy (non-hydrogen) atoms. The summed E-state index contributed by atoms with van der Waals surface area (Å²) in [4.78, 5) is 4.49. The number of fused-ring (bicyclic) bond motifs is 2. The number of ether oxygens (including phenoxy) is 1. The van der Waals surface area contributed by atoms with E-state index in [0.29, 0.717) is 5.19 Å². The minimum atomic E-state index is 0.0383. The largest absolute Gasteiger partial charge is 0.431 e. The number of para-hydroxylation sites is 1. The molecule has 0 bridgehead atoms. The standard InChI is InChI=1S/C18H16N2O2S/c1-2-20-13(11-21)9-12-10-14(7-8-16(12)20)22-18-19-15-5-3-4-6-17(15)23-18/h3-10,21H,2,11H2,1H3. The molecule has 116 valence electrons. The molecule has 0 aliphatic heterocycles. The zero-order valence-corrected chi connectivity index (χ0v) is 13.5. The maximum atomic E-state index is 9.48. The van der Waals surface area contributed by atoms with Crippen LogP contribution >= 0.6 is 11.3 Å². The van der Waals surface area contributed by atoms with Gasteiger partial charge in [-0.15, -0.1) is 0 Å². The Kier molecular flexibility index (Phi) is 3.52. The van der Waals surface area contributed by atoms with Crippen molar-refractivity contribution in [2.75, 3.05) is 0 Å². The highest BCUT2D eigenvalue weighted by Crippen LogP contribution is 2.33. The Hall–Kier alpha value is -2.37. The Morgan fingerprint density at radius 1 is 1.17 bits per heavy atom. The van der Waals surface area contributed by atoms with Gasteiger partial charge in [-0.2, -0.15) is 0 Å². The van der Waals surface area contributed by atoms with Crippen LogP contribution in [0.15, 0.2) is 48.5 Å². The minimum Gasteiger partial charge on any atom is -0.431 e. The molecule has 4 nitrogen and oxygen atoms in total. The van der Waals surface area contributed by atoms with Crippen molar-refractivity contribution in [3.05, 3.63) is 54.2 Å². The third-order valence-electron chi connectivity index (χ3n) is 3.92. The third-order valence-corrected chi connectivity index (χ3v) is 4.83. The van der Waals surface area contributed by atoms with Crippen LogP contribution in [0, 0.1) is 0 Å². The van der Waals surface area contributed by atoms with Gasteiger partial charge in [0.1, 0.15) is 5.75 Å². The van der Waals surface area contributed by atoms with Crippen LogP contribution in [0.25, 0.3) is 21.1 Å². The number of nitrogens with zero attached hydrogens (tertiary/aromatic N) is 2. The lowest BCUT2D eigenvalue weighted by atomic mass is 10.2. The lowest BCUT2D eigenvalue weighted by molar-refractivity contribution is 0.272. The minimum absolute atomic E-state index is 0.0383. The van der Waals surface area contributed by atoms with E-state index in [9.17, 15) is 5.11 Å². The van der Waals surface area contributed by atoms with E-state index in [2.05, 4.69) is 16.5 Å². The van der Waals surface area contributed by atoms with Crippen molar-refractivity contribution in [3.8, 4) is 10.9 Å². The number of rotatable bonds is 4. The second-order valence-corrected chi connectivity index (χ2v) is 6.30. The summed E-state index contributed by atoms with van der Waals surface area (Å²) in [6.45, 7) is 2.94. The predicted octanol–water partition coefficient (Wildman–Crippen LogP) is 4.56. The molecule has 0 fully saturated rings. The van der Waals surface area contributed by atoms with Crippen LogP contribution < -0.4 is 4.74 Å². The van der Waals surface area contributed by atoms with Gasteiger partial charge < -0.3 is 14.4 Å². The fourth-order valence-electron chi connectivity index (χ4n) is 2.87. The van der Waals surface area contributed by atoms with E-state index < -0.39 is 0 Å². The van der Waals surface area contributed by atoms with E-state index in [4.69, 9.17) is 4.74 Å². The summed E-state index contributed by atoms with van der Waals surface area (Å²) in [5, 5.41) is 11.2. The van der Waals surface area contributed by atoms with Crippen LogP contribution in [0.3, 0.4) is 0 Å². The zero-order valence-electron chi connectivity index (χ0n) is 12.7. The Bertz CT molecular complexity index is 954. The summed E-state index contributed by atoms with van der Waals surface area (Å²) in [6.07, 6.45) is 0. The van der Waals surface area contributed by atoms with Crippen LogP contribution in [0.2, 0.25) is 0 Å². The number of aryl methyl sites for hydroxylation is 1. The van der Waals surface area contributed by atoms with Gasteiger partial charge in [-0.3, -0.25) is 0 Å². The zero-order chi connectivity index (χ0) is 15.8. The van der Waals surface area contributed by atoms with E-state index in [1.807, 2.05) is 48.5 Å². The number of thiazole rings is 1. The smallest absolute Gasteiger partial charge is 0.279 e. The van der Waals surface area contributed by atoms with Gasteiger partial charge in [-0.1, -0.05) is 23.5 Å². The second-order valence-electron chi connectivity index (χ2n) is 5.31. The Morgan fingerprint density at radius 2 is 2.04 bits per heavy atom. The van der Waals surface area contributed by atoms with Gasteiger partial charge in [0.15, 0.2) is 0 Å². The highest BCUT2D eigenvalue weighted by molar-refractivity contribution is 7.20. The molecule has 4 rings (SSSR count). The van der Waals surface area contributed by atoms with Crippen molar-refractivity contribution < 1.29 is 9.84 Å². The average Bonchev–Trinajstić information content (AvgIpc) is 3.13. The average molecular weight is 324 g/mol. The van der Waals surface area contributed by atoms with E-state index in [0.717, 1.165) is 39.1 Å². The first-order valence-electron chi connectivity index (χ1n) is 7.55. The highest BCUT2D eigenvalue weighted by atomic mass is 32.1. The van der Waals surface area contributed by atoms with Gasteiger partial charge in [0, 0.05) is 23.1 Å². The number of aliphatic hydroxyl groups excluding tert-OH is 1. The van der Waals surface area contributed by atoms with Crippen molar-refractivity contribution >= 4 is 32.5 Å². The van der Waals surface area contributed by atoms with E-state index in [-0.39, 0.29) is 6.61 Å². The number of benzene rings is 2. The topological polar surface area (TPSA) is 47.3 Å². The number of aromatic nitrogens is 2. The van der Waals surface area contributed by atoms with Crippen molar-refractivity contribution in [2.24, 2.45) is 0 Å². The normalized spacial score (nSPS) is 11.4. The van der Waals surface area contributed by atoms with Crippen molar-refractivity contribution in [2.45, 2.75) is 20.1 Å². The number of hydrogen-bond donors (Lipinski definition) is 1. The first kappa shape index (κ1) is 14.2. The molecule has 4 aromatic rings. The highest BCUT2D eigenvalue weighted by Gasteiger charge is 2.10. The monoisotopic (exact) mass is 324 g/mol. The molecular formula is C18H16N2O2S. The van der Waals surface area contributed by atoms with Gasteiger partial charge in [0.05, 0.1) is 16.8 Å². The molecule has 0 spiro atoms. The summed E-state index contributed by atoms with van der Waals surface area (Å²) in [6, 6.07) is 16.0. The summed E-state index contributed by atoms with van der Waals surface area (Å²) in [7, 11) is 0. The van der Waals surface area contributed by atoms with Gasteiger partial charge >= 0.3 is 0 Å². The lowest BCUT2D eigenvalue weighted by Gasteiger charge is -2.06. The van der Waals surface area contributed by atoms with Crippen molar-refractivity contribution in [3.63, 3.8) is 0 Å². The number of hydrogen-bond acceptors (Lipinski definition) is 4. The molecular weight excluding hydrogens is 308 g/mol. The maximum absolute atomic E-state index is 9.48. The first-order chi connectivity index (χ1) is 11.3. The quantitative estimate of drug-likeness (QED) is 0.599. The second kappa shape index (κ2) is 5.68. The predicted molar refractivity (Wildman–Crippen MR) is 93.2 cm³/mol. The maximum Gasteiger partial charge on any atom is 0.279 e. The molecule has 0 amide bonds. The summed E-state index contributed by atoms with van der Waals surface area (Å²) in [5.41, 5.74) is 2.97. The van der Waals surface area contributed by atoms with Gasteiger partial charge in [0.2, 0.25) is 0 Å². The molecule has 2 aromatic heterocycles. The summed E-state index contributed by atoms with van der Waals surface area (Å²) >= 11 is 1.54. The van der Waals surface area contributed by atoms with Crippen LogP contribution in [0.5, 0.6) is 10.9 Å². The van der Waals surface area contributed by atoms with Crippen LogP contribution in [-0.4, -0.2) is 14.7 Å². The molecule has 0 atom stereocenters. The fraction of sp³-hybridized carbons (Fsp3) is 0.167. The molecule has 1 N–H and O–H groups in total. The Morgan fingerprint density at radius 3 is 2.83 bits per heavy atom. The molecule has 0 saturated heterocycles. The van der Waals surface area contributed by atoms with Crippen LogP contribution in [0.1, 0.15) is 12.6 Å². The Balaban J connectivity index is 1.71. The first-order valence-corrected chi connectivity index (χ1v) is 8.36. The fourth-order valence-corrected chi connectivity index (χ4v) is 3.70.